The van der Waals surface area contributed by atoms with Crippen LogP contribution in [0.3, 0.4) is 0 Å². The van der Waals surface area contributed by atoms with Gasteiger partial charge >= 0.3 is 0 Å². The van der Waals surface area contributed by atoms with E-state index < -0.39 is 0 Å². The smallest absolute Gasteiger partial charge is 0.263 e. The molecule has 0 amide bonds. The molecule has 6 nitrogen and oxygen atoms in total. The maximum absolute atomic E-state index is 13.9. The number of para-hydroxylation sites is 1. The molecule has 0 saturated carbocycles. The van der Waals surface area contributed by atoms with Crippen LogP contribution in [-0.2, 0) is 6.54 Å². The molecule has 0 saturated heterocycles. The van der Waals surface area contributed by atoms with E-state index in [2.05, 4.69) is 36.3 Å². The largest absolute Gasteiger partial charge is 0.351 e. The topological polar surface area (TPSA) is 75.6 Å². The number of hydrogen-bond donors (Lipinski definition) is 2. The van der Waals surface area contributed by atoms with E-state index in [0.29, 0.717) is 21.1 Å². The number of aromatic nitrogens is 4. The van der Waals surface area contributed by atoms with Gasteiger partial charge in [-0.15, -0.1) is 0 Å². The van der Waals surface area contributed by atoms with E-state index in [1.807, 2.05) is 30.3 Å². The Morgan fingerprint density at radius 1 is 1.19 bits per heavy atom. The average Bonchev–Trinajstić information content (AvgIpc) is 3.06. The van der Waals surface area contributed by atoms with Gasteiger partial charge in [0, 0.05) is 16.6 Å². The van der Waals surface area contributed by atoms with Crippen molar-refractivity contribution in [3.05, 3.63) is 80.9 Å². The third kappa shape index (κ3) is 3.11. The van der Waals surface area contributed by atoms with Gasteiger partial charge in [-0.1, -0.05) is 40.2 Å². The first-order valence-corrected chi connectivity index (χ1v) is 8.62. The van der Waals surface area contributed by atoms with Crippen LogP contribution in [0.4, 0.5) is 10.3 Å². The standard InChI is InChI=1S/C18H13BrFN5O/c19-12-7-6-11(15(20)8-12)9-21-18-23-16-14(17(26)24-18)10-22-25(16)13-4-2-1-3-5-13/h1-8,10H,9H2,(H2,21,23,24,26). The van der Waals surface area contributed by atoms with Crippen molar-refractivity contribution in [1.82, 2.24) is 19.7 Å². The second kappa shape index (κ2) is 6.72. The van der Waals surface area contributed by atoms with E-state index in [1.165, 1.54) is 12.3 Å². The zero-order valence-corrected chi connectivity index (χ0v) is 15.0. The molecule has 2 N–H and O–H groups in total. The average molecular weight is 414 g/mol. The van der Waals surface area contributed by atoms with Gasteiger partial charge in [-0.25, -0.2) is 9.07 Å². The number of fused-ring (bicyclic) bond motifs is 1. The molecule has 2 aromatic heterocycles. The number of nitrogens with one attached hydrogen (secondary N) is 2. The number of aromatic amines is 1. The number of nitrogens with zero attached hydrogens (tertiary/aromatic N) is 3. The number of benzene rings is 2. The quantitative estimate of drug-likeness (QED) is 0.535. The van der Waals surface area contributed by atoms with Gasteiger partial charge < -0.3 is 5.32 Å². The number of rotatable bonds is 4. The summed E-state index contributed by atoms with van der Waals surface area (Å²) >= 11 is 3.22. The third-order valence-electron chi connectivity index (χ3n) is 3.90. The zero-order valence-electron chi connectivity index (χ0n) is 13.4. The Kier molecular flexibility index (Phi) is 4.26. The summed E-state index contributed by atoms with van der Waals surface area (Å²) in [4.78, 5) is 19.4. The van der Waals surface area contributed by atoms with Crippen LogP contribution in [-0.4, -0.2) is 19.7 Å². The Bertz CT molecular complexity index is 1140. The highest BCUT2D eigenvalue weighted by molar-refractivity contribution is 9.10. The summed E-state index contributed by atoms with van der Waals surface area (Å²) in [6.45, 7) is 0.188. The minimum atomic E-state index is -0.343. The molecule has 0 aliphatic heterocycles. The molecule has 4 aromatic rings. The SMILES string of the molecule is O=c1[nH]c(NCc2ccc(Br)cc2F)nc2c1cnn2-c1ccccc1. The zero-order chi connectivity index (χ0) is 18.1. The van der Waals surface area contributed by atoms with E-state index in [-0.39, 0.29) is 23.9 Å². The molecule has 4 rings (SSSR count). The summed E-state index contributed by atoms with van der Waals surface area (Å²) in [7, 11) is 0. The van der Waals surface area contributed by atoms with Crippen molar-refractivity contribution in [3.63, 3.8) is 0 Å². The summed E-state index contributed by atoms with van der Waals surface area (Å²) in [5.41, 5.74) is 1.38. The van der Waals surface area contributed by atoms with Gasteiger partial charge in [-0.3, -0.25) is 9.78 Å². The van der Waals surface area contributed by atoms with Crippen LogP contribution >= 0.6 is 15.9 Å². The summed E-state index contributed by atoms with van der Waals surface area (Å²) in [5, 5.41) is 7.59. The Morgan fingerprint density at radius 2 is 2.00 bits per heavy atom. The molecule has 0 aliphatic carbocycles. The monoisotopic (exact) mass is 413 g/mol. The van der Waals surface area contributed by atoms with Crippen molar-refractivity contribution in [2.75, 3.05) is 5.32 Å². The lowest BCUT2D eigenvalue weighted by molar-refractivity contribution is 0.612. The molecule has 130 valence electrons. The molecular weight excluding hydrogens is 401 g/mol. The third-order valence-corrected chi connectivity index (χ3v) is 4.39. The normalized spacial score (nSPS) is 11.0. The Balaban J connectivity index is 1.69. The first-order valence-electron chi connectivity index (χ1n) is 7.83. The maximum Gasteiger partial charge on any atom is 0.263 e. The van der Waals surface area contributed by atoms with E-state index in [9.17, 15) is 9.18 Å². The second-order valence-electron chi connectivity index (χ2n) is 5.63. The fourth-order valence-electron chi connectivity index (χ4n) is 2.60. The fourth-order valence-corrected chi connectivity index (χ4v) is 2.94. The maximum atomic E-state index is 13.9. The van der Waals surface area contributed by atoms with Crippen LogP contribution in [0.2, 0.25) is 0 Å². The first kappa shape index (κ1) is 16.5. The van der Waals surface area contributed by atoms with Crippen LogP contribution in [0.5, 0.6) is 0 Å². The molecule has 8 heteroatoms. The van der Waals surface area contributed by atoms with Gasteiger partial charge in [0.15, 0.2) is 5.65 Å². The molecule has 26 heavy (non-hydrogen) atoms. The van der Waals surface area contributed by atoms with Crippen molar-refractivity contribution in [2.24, 2.45) is 0 Å². The number of H-pyrrole nitrogens is 1. The Hall–Kier alpha value is -3.00. The predicted octanol–water partition coefficient (Wildman–Crippen LogP) is 3.62. The van der Waals surface area contributed by atoms with E-state index in [0.717, 1.165) is 5.69 Å². The summed E-state index contributed by atoms with van der Waals surface area (Å²) in [6.07, 6.45) is 1.48. The minimum absolute atomic E-state index is 0.188. The van der Waals surface area contributed by atoms with Crippen LogP contribution in [0.1, 0.15) is 5.56 Å². The molecule has 2 heterocycles. The summed E-state index contributed by atoms with van der Waals surface area (Å²) < 4.78 is 16.2. The van der Waals surface area contributed by atoms with Crippen molar-refractivity contribution < 1.29 is 4.39 Å². The Labute approximate surface area is 155 Å². The lowest BCUT2D eigenvalue weighted by Crippen LogP contribution is -2.14. The molecule has 0 bridgehead atoms. The van der Waals surface area contributed by atoms with Crippen LogP contribution in [0.25, 0.3) is 16.7 Å². The van der Waals surface area contributed by atoms with E-state index >= 15 is 0 Å². The predicted molar refractivity (Wildman–Crippen MR) is 101 cm³/mol. The summed E-state index contributed by atoms with van der Waals surface area (Å²) in [6, 6.07) is 14.2. The first-order chi connectivity index (χ1) is 12.6. The van der Waals surface area contributed by atoms with Crippen LogP contribution < -0.4 is 10.9 Å². The van der Waals surface area contributed by atoms with E-state index in [4.69, 9.17) is 0 Å². The number of halogens is 2. The van der Waals surface area contributed by atoms with Crippen LogP contribution in [0.15, 0.2) is 64.0 Å². The van der Waals surface area contributed by atoms with Crippen molar-refractivity contribution in [3.8, 4) is 5.69 Å². The number of hydrogen-bond acceptors (Lipinski definition) is 4. The molecule has 0 unspecified atom stereocenters. The molecule has 2 aromatic carbocycles. The highest BCUT2D eigenvalue weighted by Gasteiger charge is 2.12. The molecule has 0 radical (unpaired) electrons. The molecular formula is C18H13BrFN5O. The van der Waals surface area contributed by atoms with Gasteiger partial charge in [-0.2, -0.15) is 10.1 Å². The van der Waals surface area contributed by atoms with Gasteiger partial charge in [0.1, 0.15) is 11.2 Å². The molecule has 0 atom stereocenters. The molecule has 0 spiro atoms. The molecule has 0 fully saturated rings. The molecule has 0 aliphatic rings. The van der Waals surface area contributed by atoms with Gasteiger partial charge in [0.25, 0.3) is 5.56 Å². The number of anilines is 1. The van der Waals surface area contributed by atoms with Gasteiger partial charge in [0.2, 0.25) is 5.95 Å². The summed E-state index contributed by atoms with van der Waals surface area (Å²) in [5.74, 6) is -0.0906. The second-order valence-corrected chi connectivity index (χ2v) is 6.55. The minimum Gasteiger partial charge on any atom is -0.351 e. The highest BCUT2D eigenvalue weighted by atomic mass is 79.9. The Morgan fingerprint density at radius 3 is 2.77 bits per heavy atom. The fraction of sp³-hybridized carbons (Fsp3) is 0.0556. The lowest BCUT2D eigenvalue weighted by Gasteiger charge is -2.08. The highest BCUT2D eigenvalue weighted by Crippen LogP contribution is 2.17. The van der Waals surface area contributed by atoms with Crippen molar-refractivity contribution >= 4 is 32.9 Å². The van der Waals surface area contributed by atoms with Gasteiger partial charge in [0.05, 0.1) is 11.9 Å². The van der Waals surface area contributed by atoms with Crippen LogP contribution in [0, 0.1) is 5.82 Å². The van der Waals surface area contributed by atoms with Crippen molar-refractivity contribution in [2.45, 2.75) is 6.54 Å². The van der Waals surface area contributed by atoms with Crippen molar-refractivity contribution in [1.29, 1.82) is 0 Å². The van der Waals surface area contributed by atoms with E-state index in [1.54, 1.807) is 16.8 Å². The lowest BCUT2D eigenvalue weighted by atomic mass is 10.2. The van der Waals surface area contributed by atoms with Gasteiger partial charge in [-0.05, 0) is 24.3 Å².